The monoisotopic (exact) mass is 266 g/mol. The minimum atomic E-state index is 0.376. The predicted molar refractivity (Wildman–Crippen MR) is 70.9 cm³/mol. The molecule has 0 saturated heterocycles. The Bertz CT molecular complexity index is 812. The van der Waals surface area contributed by atoms with Crippen molar-refractivity contribution in [2.75, 3.05) is 0 Å². The lowest BCUT2D eigenvalue weighted by Crippen LogP contribution is -1.90. The summed E-state index contributed by atoms with van der Waals surface area (Å²) in [5.41, 5.74) is 1.92. The zero-order valence-electron chi connectivity index (χ0n) is 10.4. The van der Waals surface area contributed by atoms with E-state index in [1.165, 1.54) is 0 Å². The van der Waals surface area contributed by atoms with E-state index >= 15 is 0 Å². The Morgan fingerprint density at radius 1 is 1.05 bits per heavy atom. The van der Waals surface area contributed by atoms with Gasteiger partial charge < -0.3 is 13.8 Å². The molecule has 1 aromatic carbocycles. The van der Waals surface area contributed by atoms with Crippen LogP contribution in [0.25, 0.3) is 22.7 Å². The maximum absolute atomic E-state index is 5.55. The number of imidazole rings is 1. The summed E-state index contributed by atoms with van der Waals surface area (Å²) in [5, 5.41) is 7.96. The van der Waals surface area contributed by atoms with Crippen LogP contribution >= 0.6 is 0 Å². The van der Waals surface area contributed by atoms with Crippen LogP contribution in [0.4, 0.5) is 0 Å². The van der Waals surface area contributed by atoms with E-state index in [1.54, 1.807) is 18.4 Å². The average molecular weight is 266 g/mol. The topological polar surface area (TPSA) is 80.7 Å². The van der Waals surface area contributed by atoms with Crippen molar-refractivity contribution < 1.29 is 8.83 Å². The lowest BCUT2D eigenvalue weighted by Gasteiger charge is -1.89. The van der Waals surface area contributed by atoms with Gasteiger partial charge in [0.25, 0.3) is 5.89 Å². The summed E-state index contributed by atoms with van der Waals surface area (Å²) in [6, 6.07) is 11.4. The highest BCUT2D eigenvalue weighted by Gasteiger charge is 2.12. The predicted octanol–water partition coefficient (Wildman–Crippen LogP) is 2.80. The van der Waals surface area contributed by atoms with Gasteiger partial charge in [-0.3, -0.25) is 0 Å². The smallest absolute Gasteiger partial charge is 0.283 e. The van der Waals surface area contributed by atoms with Crippen molar-refractivity contribution in [3.8, 4) is 11.7 Å². The third-order valence-electron chi connectivity index (χ3n) is 2.96. The molecule has 3 aromatic heterocycles. The molecule has 6 nitrogen and oxygen atoms in total. The molecular weight excluding hydrogens is 256 g/mol. The highest BCUT2D eigenvalue weighted by Crippen LogP contribution is 2.19. The van der Waals surface area contributed by atoms with E-state index in [-0.39, 0.29) is 0 Å². The highest BCUT2D eigenvalue weighted by atomic mass is 16.4. The van der Waals surface area contributed by atoms with Crippen LogP contribution in [-0.2, 0) is 6.42 Å². The number of furan rings is 1. The molecule has 0 aliphatic heterocycles. The first kappa shape index (κ1) is 11.0. The molecular formula is C14H10N4O2. The van der Waals surface area contributed by atoms with E-state index in [4.69, 9.17) is 8.83 Å². The first-order valence-electron chi connectivity index (χ1n) is 6.18. The minimum absolute atomic E-state index is 0.376. The van der Waals surface area contributed by atoms with Gasteiger partial charge in [0.1, 0.15) is 5.82 Å². The van der Waals surface area contributed by atoms with Gasteiger partial charge in [0.15, 0.2) is 5.76 Å². The lowest BCUT2D eigenvalue weighted by molar-refractivity contribution is 0.486. The molecule has 98 valence electrons. The second-order valence-electron chi connectivity index (χ2n) is 4.36. The maximum Gasteiger partial charge on any atom is 0.283 e. The van der Waals surface area contributed by atoms with Crippen LogP contribution in [0, 0.1) is 0 Å². The summed E-state index contributed by atoms with van der Waals surface area (Å²) in [4.78, 5) is 7.70. The molecule has 6 heteroatoms. The fraction of sp³-hybridized carbons (Fsp3) is 0.0714. The van der Waals surface area contributed by atoms with Gasteiger partial charge in [0.2, 0.25) is 5.89 Å². The van der Waals surface area contributed by atoms with Gasteiger partial charge >= 0.3 is 0 Å². The zero-order chi connectivity index (χ0) is 13.4. The van der Waals surface area contributed by atoms with Crippen LogP contribution in [0.15, 0.2) is 51.5 Å². The summed E-state index contributed by atoms with van der Waals surface area (Å²) < 4.78 is 10.8. The zero-order valence-corrected chi connectivity index (χ0v) is 10.4. The molecule has 0 bridgehead atoms. The van der Waals surface area contributed by atoms with Crippen molar-refractivity contribution in [2.24, 2.45) is 0 Å². The van der Waals surface area contributed by atoms with Gasteiger partial charge in [0.05, 0.1) is 23.7 Å². The number of hydrogen-bond donors (Lipinski definition) is 1. The number of H-pyrrole nitrogens is 1. The average Bonchev–Trinajstić information content (AvgIpc) is 3.18. The Balaban J connectivity index is 1.62. The van der Waals surface area contributed by atoms with Gasteiger partial charge in [-0.15, -0.1) is 10.2 Å². The third kappa shape index (κ3) is 1.87. The van der Waals surface area contributed by atoms with Crippen molar-refractivity contribution in [1.82, 2.24) is 20.2 Å². The van der Waals surface area contributed by atoms with Crippen molar-refractivity contribution in [1.29, 1.82) is 0 Å². The molecule has 0 fully saturated rings. The Morgan fingerprint density at radius 2 is 2.00 bits per heavy atom. The number of benzene rings is 1. The standard InChI is InChI=1S/C14H10N4O2/c1-2-5-10-9(4-1)15-12(16-10)8-13-17-18-14(20-13)11-6-3-7-19-11/h1-7H,8H2,(H,15,16). The van der Waals surface area contributed by atoms with E-state index in [0.717, 1.165) is 16.9 Å². The second-order valence-corrected chi connectivity index (χ2v) is 4.36. The number of aromatic amines is 1. The Hall–Kier alpha value is -2.89. The Morgan fingerprint density at radius 3 is 2.85 bits per heavy atom. The summed E-state index contributed by atoms with van der Waals surface area (Å²) in [7, 11) is 0. The summed E-state index contributed by atoms with van der Waals surface area (Å²) in [6.45, 7) is 0. The van der Waals surface area contributed by atoms with Gasteiger partial charge in [-0.05, 0) is 24.3 Å². The van der Waals surface area contributed by atoms with Gasteiger partial charge in [-0.2, -0.15) is 0 Å². The second kappa shape index (κ2) is 4.34. The fourth-order valence-electron chi connectivity index (χ4n) is 2.06. The molecule has 1 N–H and O–H groups in total. The highest BCUT2D eigenvalue weighted by molar-refractivity contribution is 5.74. The van der Waals surface area contributed by atoms with Gasteiger partial charge in [0, 0.05) is 0 Å². The molecule has 0 amide bonds. The molecule has 20 heavy (non-hydrogen) atoms. The molecule has 0 atom stereocenters. The van der Waals surface area contributed by atoms with Crippen LogP contribution < -0.4 is 0 Å². The third-order valence-corrected chi connectivity index (χ3v) is 2.96. The number of hydrogen-bond acceptors (Lipinski definition) is 5. The van der Waals surface area contributed by atoms with Gasteiger partial charge in [-0.1, -0.05) is 12.1 Å². The fourth-order valence-corrected chi connectivity index (χ4v) is 2.06. The van der Waals surface area contributed by atoms with E-state index in [2.05, 4.69) is 20.2 Å². The van der Waals surface area contributed by atoms with Crippen molar-refractivity contribution in [3.63, 3.8) is 0 Å². The molecule has 0 radical (unpaired) electrons. The molecule has 0 aliphatic carbocycles. The number of rotatable bonds is 3. The van der Waals surface area contributed by atoms with Crippen LogP contribution in [0.5, 0.6) is 0 Å². The van der Waals surface area contributed by atoms with E-state index in [1.807, 2.05) is 24.3 Å². The van der Waals surface area contributed by atoms with E-state index in [0.29, 0.717) is 24.0 Å². The van der Waals surface area contributed by atoms with Crippen LogP contribution in [0.1, 0.15) is 11.7 Å². The molecule has 0 saturated carbocycles. The summed E-state index contributed by atoms with van der Waals surface area (Å²) >= 11 is 0. The van der Waals surface area contributed by atoms with Crippen LogP contribution in [0.3, 0.4) is 0 Å². The molecule has 4 rings (SSSR count). The maximum atomic E-state index is 5.55. The summed E-state index contributed by atoms with van der Waals surface area (Å²) in [5.74, 6) is 2.23. The van der Waals surface area contributed by atoms with E-state index in [9.17, 15) is 0 Å². The Labute approximate surface area is 113 Å². The molecule has 0 unspecified atom stereocenters. The van der Waals surface area contributed by atoms with Crippen molar-refractivity contribution in [3.05, 3.63) is 54.4 Å². The van der Waals surface area contributed by atoms with Crippen molar-refractivity contribution >= 4 is 11.0 Å². The normalized spacial score (nSPS) is 11.2. The van der Waals surface area contributed by atoms with Crippen molar-refractivity contribution in [2.45, 2.75) is 6.42 Å². The van der Waals surface area contributed by atoms with Gasteiger partial charge in [-0.25, -0.2) is 4.98 Å². The molecule has 0 aliphatic rings. The molecule has 3 heterocycles. The quantitative estimate of drug-likeness (QED) is 0.616. The Kier molecular flexibility index (Phi) is 2.38. The lowest BCUT2D eigenvalue weighted by atomic mass is 10.3. The molecule has 4 aromatic rings. The number of nitrogens with zero attached hydrogens (tertiary/aromatic N) is 3. The summed E-state index contributed by atoms with van der Waals surface area (Å²) in [6.07, 6.45) is 2.03. The number of para-hydroxylation sites is 2. The minimum Gasteiger partial charge on any atom is -0.459 e. The largest absolute Gasteiger partial charge is 0.459 e. The van der Waals surface area contributed by atoms with Crippen LogP contribution in [-0.4, -0.2) is 20.2 Å². The SMILES string of the molecule is c1coc(-c2nnc(Cc3nc4ccccc4[nH]3)o2)c1. The first-order chi connectivity index (χ1) is 9.88. The molecule has 0 spiro atoms. The van der Waals surface area contributed by atoms with Crippen LogP contribution in [0.2, 0.25) is 0 Å². The number of fused-ring (bicyclic) bond motifs is 1. The number of aromatic nitrogens is 4. The van der Waals surface area contributed by atoms with E-state index < -0.39 is 0 Å². The first-order valence-corrected chi connectivity index (χ1v) is 6.18. The number of nitrogens with one attached hydrogen (secondary N) is 1.